The highest BCUT2D eigenvalue weighted by molar-refractivity contribution is 5.84. The Morgan fingerprint density at radius 3 is 2.81 bits per heavy atom. The van der Waals surface area contributed by atoms with Crippen LogP contribution in [0.4, 0.5) is 0 Å². The molecule has 1 aliphatic heterocycles. The number of hydrogen-bond acceptors (Lipinski definition) is 3. The molecule has 116 valence electrons. The van der Waals surface area contributed by atoms with E-state index >= 15 is 0 Å². The third-order valence-corrected chi connectivity index (χ3v) is 4.40. The zero-order chi connectivity index (χ0) is 15.4. The van der Waals surface area contributed by atoms with E-state index < -0.39 is 0 Å². The van der Waals surface area contributed by atoms with E-state index in [9.17, 15) is 4.79 Å². The average molecular weight is 290 g/mol. The minimum Gasteiger partial charge on any atom is -0.497 e. The maximum atomic E-state index is 12.8. The third-order valence-electron chi connectivity index (χ3n) is 4.40. The van der Waals surface area contributed by atoms with Gasteiger partial charge in [-0.1, -0.05) is 12.1 Å². The van der Waals surface area contributed by atoms with E-state index in [0.29, 0.717) is 0 Å². The van der Waals surface area contributed by atoms with Crippen LogP contribution in [0.25, 0.3) is 0 Å². The summed E-state index contributed by atoms with van der Waals surface area (Å²) >= 11 is 0. The number of piperidine rings is 1. The summed E-state index contributed by atoms with van der Waals surface area (Å²) in [6, 6.07) is 7.93. The van der Waals surface area contributed by atoms with Gasteiger partial charge in [-0.25, -0.2) is 0 Å². The van der Waals surface area contributed by atoms with Crippen molar-refractivity contribution >= 4 is 5.91 Å². The van der Waals surface area contributed by atoms with E-state index in [1.165, 1.54) is 0 Å². The fourth-order valence-corrected chi connectivity index (χ4v) is 3.08. The highest BCUT2D eigenvalue weighted by Crippen LogP contribution is 2.27. The van der Waals surface area contributed by atoms with Crippen molar-refractivity contribution in [1.82, 2.24) is 4.90 Å². The van der Waals surface area contributed by atoms with Crippen molar-refractivity contribution in [3.8, 4) is 5.75 Å². The number of carbonyl (C=O) groups is 1. The second-order valence-corrected chi connectivity index (χ2v) is 5.95. The quantitative estimate of drug-likeness (QED) is 0.927. The standard InChI is InChI=1S/C17H26N2O2/c1-12(14-7-6-8-15(11-14)21-3)17(20)19-10-5-4-9-16(19)13(2)18/h6-8,11-13,16H,4-5,9-10,18H2,1-3H3. The van der Waals surface area contributed by atoms with Gasteiger partial charge >= 0.3 is 0 Å². The molecule has 3 atom stereocenters. The number of amides is 1. The second-order valence-electron chi connectivity index (χ2n) is 5.95. The second kappa shape index (κ2) is 6.94. The number of benzene rings is 1. The molecule has 2 N–H and O–H groups in total. The Balaban J connectivity index is 2.16. The van der Waals surface area contributed by atoms with Crippen LogP contribution in [0, 0.1) is 0 Å². The molecule has 2 rings (SSSR count). The van der Waals surface area contributed by atoms with Gasteiger partial charge in [-0.2, -0.15) is 0 Å². The minimum atomic E-state index is -0.167. The summed E-state index contributed by atoms with van der Waals surface area (Å²) in [7, 11) is 1.64. The molecule has 3 unspecified atom stereocenters. The molecule has 0 aliphatic carbocycles. The van der Waals surface area contributed by atoms with Crippen LogP contribution in [-0.2, 0) is 4.79 Å². The van der Waals surface area contributed by atoms with Crippen LogP contribution >= 0.6 is 0 Å². The van der Waals surface area contributed by atoms with Crippen molar-refractivity contribution in [2.24, 2.45) is 5.73 Å². The lowest BCUT2D eigenvalue weighted by molar-refractivity contribution is -0.136. The van der Waals surface area contributed by atoms with Crippen molar-refractivity contribution in [3.05, 3.63) is 29.8 Å². The minimum absolute atomic E-state index is 0.0201. The molecule has 21 heavy (non-hydrogen) atoms. The van der Waals surface area contributed by atoms with Crippen LogP contribution in [0.2, 0.25) is 0 Å². The Bertz CT molecular complexity index is 487. The zero-order valence-electron chi connectivity index (χ0n) is 13.2. The lowest BCUT2D eigenvalue weighted by atomic mass is 9.93. The van der Waals surface area contributed by atoms with Crippen LogP contribution in [0.5, 0.6) is 5.75 Å². The van der Waals surface area contributed by atoms with Crippen molar-refractivity contribution in [2.45, 2.75) is 51.1 Å². The first-order valence-electron chi connectivity index (χ1n) is 7.74. The summed E-state index contributed by atoms with van der Waals surface area (Å²) < 4.78 is 5.24. The molecule has 1 fully saturated rings. The van der Waals surface area contributed by atoms with E-state index in [4.69, 9.17) is 10.5 Å². The molecule has 1 aliphatic rings. The van der Waals surface area contributed by atoms with Gasteiger partial charge in [0, 0.05) is 18.6 Å². The highest BCUT2D eigenvalue weighted by atomic mass is 16.5. The molecule has 1 aromatic rings. The van der Waals surface area contributed by atoms with Gasteiger partial charge in [0.2, 0.25) is 5.91 Å². The third kappa shape index (κ3) is 3.56. The van der Waals surface area contributed by atoms with Gasteiger partial charge in [0.25, 0.3) is 0 Å². The number of methoxy groups -OCH3 is 1. The normalized spacial score (nSPS) is 21.7. The number of likely N-dealkylation sites (tertiary alicyclic amines) is 1. The number of ether oxygens (including phenoxy) is 1. The molecule has 0 aromatic heterocycles. The van der Waals surface area contributed by atoms with Gasteiger partial charge < -0.3 is 15.4 Å². The summed E-state index contributed by atoms with van der Waals surface area (Å²) in [5.41, 5.74) is 7.06. The topological polar surface area (TPSA) is 55.6 Å². The molecule has 1 amide bonds. The lowest BCUT2D eigenvalue weighted by Gasteiger charge is -2.39. The number of hydrogen-bond donors (Lipinski definition) is 1. The van der Waals surface area contributed by atoms with Crippen molar-refractivity contribution in [3.63, 3.8) is 0 Å². The molecule has 4 heteroatoms. The SMILES string of the molecule is COc1cccc(C(C)C(=O)N2CCCCC2C(C)N)c1. The predicted octanol–water partition coefficient (Wildman–Crippen LogP) is 2.53. The largest absolute Gasteiger partial charge is 0.497 e. The van der Waals surface area contributed by atoms with Crippen LogP contribution in [0.3, 0.4) is 0 Å². The average Bonchev–Trinajstić information content (AvgIpc) is 2.53. The molecule has 1 aromatic carbocycles. The Labute approximate surface area is 127 Å². The van der Waals surface area contributed by atoms with Crippen molar-refractivity contribution < 1.29 is 9.53 Å². The Morgan fingerprint density at radius 1 is 1.38 bits per heavy atom. The highest BCUT2D eigenvalue weighted by Gasteiger charge is 2.32. The van der Waals surface area contributed by atoms with E-state index in [0.717, 1.165) is 37.1 Å². The van der Waals surface area contributed by atoms with Gasteiger partial charge in [0.1, 0.15) is 5.75 Å². The van der Waals surface area contributed by atoms with Gasteiger partial charge in [-0.15, -0.1) is 0 Å². The molecular weight excluding hydrogens is 264 g/mol. The van der Waals surface area contributed by atoms with Gasteiger partial charge in [0.05, 0.1) is 13.0 Å². The maximum absolute atomic E-state index is 12.8. The molecule has 0 radical (unpaired) electrons. The monoisotopic (exact) mass is 290 g/mol. The van der Waals surface area contributed by atoms with Crippen molar-refractivity contribution in [1.29, 1.82) is 0 Å². The Kier molecular flexibility index (Phi) is 5.23. The zero-order valence-corrected chi connectivity index (χ0v) is 13.2. The number of nitrogens with two attached hydrogens (primary N) is 1. The van der Waals surface area contributed by atoms with Crippen LogP contribution < -0.4 is 10.5 Å². The van der Waals surface area contributed by atoms with E-state index in [2.05, 4.69) is 0 Å². The smallest absolute Gasteiger partial charge is 0.230 e. The molecule has 4 nitrogen and oxygen atoms in total. The summed E-state index contributed by atoms with van der Waals surface area (Å²) in [6.07, 6.45) is 3.23. The molecule has 0 bridgehead atoms. The maximum Gasteiger partial charge on any atom is 0.230 e. The molecular formula is C17H26N2O2. The summed E-state index contributed by atoms with van der Waals surface area (Å²) in [5.74, 6) is 0.791. The summed E-state index contributed by atoms with van der Waals surface area (Å²) in [6.45, 7) is 4.77. The van der Waals surface area contributed by atoms with Crippen molar-refractivity contribution in [2.75, 3.05) is 13.7 Å². The van der Waals surface area contributed by atoms with E-state index in [1.807, 2.05) is 43.0 Å². The molecule has 1 saturated heterocycles. The van der Waals surface area contributed by atoms with Crippen LogP contribution in [0.15, 0.2) is 24.3 Å². The van der Waals surface area contributed by atoms with Crippen LogP contribution in [0.1, 0.15) is 44.6 Å². The lowest BCUT2D eigenvalue weighted by Crippen LogP contribution is -2.52. The number of rotatable bonds is 4. The first-order chi connectivity index (χ1) is 10.0. The van der Waals surface area contributed by atoms with Crippen LogP contribution in [-0.4, -0.2) is 36.5 Å². The fourth-order valence-electron chi connectivity index (χ4n) is 3.08. The predicted molar refractivity (Wildman–Crippen MR) is 84.4 cm³/mol. The summed E-state index contributed by atoms with van der Waals surface area (Å²) in [4.78, 5) is 14.8. The first kappa shape index (κ1) is 15.8. The van der Waals surface area contributed by atoms with E-state index in [1.54, 1.807) is 7.11 Å². The van der Waals surface area contributed by atoms with Gasteiger partial charge in [-0.3, -0.25) is 4.79 Å². The fraction of sp³-hybridized carbons (Fsp3) is 0.588. The number of nitrogens with zero attached hydrogens (tertiary/aromatic N) is 1. The van der Waals surface area contributed by atoms with Gasteiger partial charge in [0.15, 0.2) is 0 Å². The summed E-state index contributed by atoms with van der Waals surface area (Å²) in [5, 5.41) is 0. The Morgan fingerprint density at radius 2 is 2.14 bits per heavy atom. The van der Waals surface area contributed by atoms with Gasteiger partial charge in [-0.05, 0) is 50.8 Å². The Hall–Kier alpha value is -1.55. The molecule has 0 saturated carbocycles. The van der Waals surface area contributed by atoms with E-state index in [-0.39, 0.29) is 23.9 Å². The number of carbonyl (C=O) groups excluding carboxylic acids is 1. The molecule has 0 spiro atoms. The molecule has 1 heterocycles. The first-order valence-corrected chi connectivity index (χ1v) is 7.74.